The molecule has 1 aromatic rings. The highest BCUT2D eigenvalue weighted by atomic mass is 16.5. The Bertz CT molecular complexity index is 549. The van der Waals surface area contributed by atoms with Crippen LogP contribution in [0.25, 0.3) is 4.98 Å². The highest BCUT2D eigenvalue weighted by Gasteiger charge is 2.24. The van der Waals surface area contributed by atoms with Crippen molar-refractivity contribution in [1.82, 2.24) is 0 Å². The van der Waals surface area contributed by atoms with Gasteiger partial charge in [-0.05, 0) is 25.3 Å². The van der Waals surface area contributed by atoms with Crippen LogP contribution in [0.15, 0.2) is 12.1 Å². The summed E-state index contributed by atoms with van der Waals surface area (Å²) in [5.74, 6) is 1.33. The van der Waals surface area contributed by atoms with E-state index in [1.165, 1.54) is 32.1 Å². The van der Waals surface area contributed by atoms with E-state index in [0.29, 0.717) is 37.9 Å². The summed E-state index contributed by atoms with van der Waals surface area (Å²) in [6.45, 7) is 8.96. The minimum Gasteiger partial charge on any atom is -0.493 e. The van der Waals surface area contributed by atoms with Gasteiger partial charge < -0.3 is 14.2 Å². The Labute approximate surface area is 177 Å². The van der Waals surface area contributed by atoms with Crippen LogP contribution >= 0.6 is 0 Å². The summed E-state index contributed by atoms with van der Waals surface area (Å²) in [6.07, 6.45) is 12.5. The molecular weight excluding hydrogens is 364 g/mol. The van der Waals surface area contributed by atoms with Crippen LogP contribution < -0.4 is 9.47 Å². The molecule has 0 saturated carbocycles. The Morgan fingerprint density at radius 2 is 1.31 bits per heavy atom. The maximum Gasteiger partial charge on any atom is 0.432 e. The van der Waals surface area contributed by atoms with E-state index in [1.54, 1.807) is 0 Å². The molecule has 0 spiro atoms. The van der Waals surface area contributed by atoms with Gasteiger partial charge in [0, 0.05) is 12.7 Å². The van der Waals surface area contributed by atoms with Crippen LogP contribution in [0.5, 0.6) is 11.5 Å². The highest BCUT2D eigenvalue weighted by Crippen LogP contribution is 2.37. The fourth-order valence-electron chi connectivity index (χ4n) is 3.12. The number of diazo groups is 1. The van der Waals surface area contributed by atoms with E-state index in [1.807, 2.05) is 12.1 Å². The molecule has 0 radical (unpaired) electrons. The molecule has 5 heteroatoms. The van der Waals surface area contributed by atoms with E-state index in [-0.39, 0.29) is 0 Å². The molecule has 0 aliphatic heterocycles. The second-order valence-corrected chi connectivity index (χ2v) is 7.61. The van der Waals surface area contributed by atoms with Crippen molar-refractivity contribution in [1.29, 1.82) is 5.39 Å². The van der Waals surface area contributed by atoms with Crippen LogP contribution in [0, 0.1) is 5.39 Å². The molecular formula is C24H41N2O3+. The molecule has 0 atom stereocenters. The molecule has 5 nitrogen and oxygen atoms in total. The molecule has 164 valence electrons. The minimum atomic E-state index is 0.391. The molecule has 0 aromatic heterocycles. The molecule has 1 aromatic carbocycles. The molecule has 0 aliphatic rings. The lowest BCUT2D eigenvalue weighted by Crippen LogP contribution is -2.03. The number of ether oxygens (including phenoxy) is 3. The zero-order valence-electron chi connectivity index (χ0n) is 18.9. The van der Waals surface area contributed by atoms with Crippen LogP contribution in [0.2, 0.25) is 0 Å². The number of rotatable bonds is 18. The number of nitrogens with zero attached hydrogens (tertiary/aromatic N) is 2. The van der Waals surface area contributed by atoms with Crippen molar-refractivity contribution in [2.45, 2.75) is 98.0 Å². The Morgan fingerprint density at radius 3 is 1.93 bits per heavy atom. The van der Waals surface area contributed by atoms with Gasteiger partial charge in [0.15, 0.2) is 4.98 Å². The average Bonchev–Trinajstić information content (AvgIpc) is 2.73. The standard InChI is InChI=1S/C24H41N2O3/c1-4-7-10-13-16-28-22-18-21(20-27-15-12-9-6-3)24(26-25)23(19-22)29-17-14-11-8-5-2/h18-19H,4-17,20H2,1-3H3/q+1. The predicted octanol–water partition coefficient (Wildman–Crippen LogP) is 7.80. The summed E-state index contributed by atoms with van der Waals surface area (Å²) in [4.78, 5) is 3.50. The van der Waals surface area contributed by atoms with Gasteiger partial charge in [-0.15, -0.1) is 0 Å². The Balaban J connectivity index is 2.77. The van der Waals surface area contributed by atoms with Gasteiger partial charge in [-0.2, -0.15) is 0 Å². The lowest BCUT2D eigenvalue weighted by molar-refractivity contribution is 0.117. The molecule has 0 aliphatic carbocycles. The van der Waals surface area contributed by atoms with E-state index in [0.717, 1.165) is 49.8 Å². The Hall–Kier alpha value is -1.80. The highest BCUT2D eigenvalue weighted by molar-refractivity contribution is 5.65. The number of unbranched alkanes of at least 4 members (excludes halogenated alkanes) is 8. The van der Waals surface area contributed by atoms with Crippen molar-refractivity contribution >= 4 is 5.69 Å². The van der Waals surface area contributed by atoms with E-state index in [4.69, 9.17) is 14.2 Å². The monoisotopic (exact) mass is 405 g/mol. The Kier molecular flexibility index (Phi) is 14.9. The maximum atomic E-state index is 9.59. The summed E-state index contributed by atoms with van der Waals surface area (Å²) in [5.41, 5.74) is 1.26. The zero-order chi connectivity index (χ0) is 21.2. The van der Waals surface area contributed by atoms with Gasteiger partial charge >= 0.3 is 5.69 Å². The quantitative estimate of drug-likeness (QED) is 0.185. The molecule has 1 rings (SSSR count). The third-order valence-corrected chi connectivity index (χ3v) is 4.90. The van der Waals surface area contributed by atoms with E-state index in [2.05, 4.69) is 25.7 Å². The largest absolute Gasteiger partial charge is 0.493 e. The summed E-state index contributed by atoms with van der Waals surface area (Å²) in [7, 11) is 0. The first-order chi connectivity index (χ1) is 14.3. The summed E-state index contributed by atoms with van der Waals surface area (Å²) in [5, 5.41) is 9.59. The van der Waals surface area contributed by atoms with Gasteiger partial charge in [-0.25, -0.2) is 0 Å². The third kappa shape index (κ3) is 11.1. The van der Waals surface area contributed by atoms with Crippen LogP contribution in [-0.4, -0.2) is 19.8 Å². The first-order valence-electron chi connectivity index (χ1n) is 11.6. The zero-order valence-corrected chi connectivity index (χ0v) is 18.9. The molecule has 0 saturated heterocycles. The van der Waals surface area contributed by atoms with Crippen molar-refractivity contribution in [2.24, 2.45) is 0 Å². The fraction of sp³-hybridized carbons (Fsp3) is 0.750. The van der Waals surface area contributed by atoms with E-state index < -0.39 is 0 Å². The van der Waals surface area contributed by atoms with Gasteiger partial charge in [0.25, 0.3) is 0 Å². The molecule has 0 N–H and O–H groups in total. The van der Waals surface area contributed by atoms with E-state index >= 15 is 0 Å². The van der Waals surface area contributed by atoms with Crippen LogP contribution in [0.3, 0.4) is 0 Å². The van der Waals surface area contributed by atoms with Gasteiger partial charge in [-0.3, -0.25) is 0 Å². The fourth-order valence-corrected chi connectivity index (χ4v) is 3.12. The number of hydrogen-bond acceptors (Lipinski definition) is 4. The summed E-state index contributed by atoms with van der Waals surface area (Å²) < 4.78 is 17.7. The molecule has 29 heavy (non-hydrogen) atoms. The van der Waals surface area contributed by atoms with Gasteiger partial charge in [0.1, 0.15) is 5.75 Å². The van der Waals surface area contributed by atoms with Crippen LogP contribution in [0.4, 0.5) is 5.69 Å². The van der Waals surface area contributed by atoms with Crippen LogP contribution in [-0.2, 0) is 11.3 Å². The van der Waals surface area contributed by atoms with Gasteiger partial charge in [0.05, 0.1) is 25.4 Å². The summed E-state index contributed by atoms with van der Waals surface area (Å²) >= 11 is 0. The normalized spacial score (nSPS) is 10.7. The molecule has 0 heterocycles. The van der Waals surface area contributed by atoms with Gasteiger partial charge in [0.2, 0.25) is 11.1 Å². The van der Waals surface area contributed by atoms with Crippen molar-refractivity contribution in [3.63, 3.8) is 0 Å². The summed E-state index contributed by atoms with van der Waals surface area (Å²) in [6, 6.07) is 3.76. The van der Waals surface area contributed by atoms with Gasteiger partial charge in [-0.1, -0.05) is 72.1 Å². The van der Waals surface area contributed by atoms with E-state index in [9.17, 15) is 5.39 Å². The van der Waals surface area contributed by atoms with Crippen molar-refractivity contribution in [3.8, 4) is 11.5 Å². The topological polar surface area (TPSA) is 55.8 Å². The lowest BCUT2D eigenvalue weighted by Gasteiger charge is -2.11. The number of hydrogen-bond donors (Lipinski definition) is 0. The smallest absolute Gasteiger partial charge is 0.432 e. The second-order valence-electron chi connectivity index (χ2n) is 7.61. The average molecular weight is 406 g/mol. The predicted molar refractivity (Wildman–Crippen MR) is 120 cm³/mol. The van der Waals surface area contributed by atoms with Crippen molar-refractivity contribution in [2.75, 3.05) is 19.8 Å². The minimum absolute atomic E-state index is 0.391. The molecule has 0 fully saturated rings. The second kappa shape index (κ2) is 17.1. The van der Waals surface area contributed by atoms with Crippen molar-refractivity contribution < 1.29 is 14.2 Å². The first-order valence-corrected chi connectivity index (χ1v) is 11.6. The third-order valence-electron chi connectivity index (χ3n) is 4.90. The molecule has 0 unspecified atom stereocenters. The van der Waals surface area contributed by atoms with Crippen molar-refractivity contribution in [3.05, 3.63) is 22.7 Å². The maximum absolute atomic E-state index is 9.59. The Morgan fingerprint density at radius 1 is 0.724 bits per heavy atom. The van der Waals surface area contributed by atoms with Crippen LogP contribution in [0.1, 0.15) is 97.0 Å². The lowest BCUT2D eigenvalue weighted by atomic mass is 10.1. The molecule has 0 bridgehead atoms. The number of benzene rings is 1. The first kappa shape index (κ1) is 25.2. The molecule has 0 amide bonds. The SMILES string of the molecule is CCCCCCOc1cc(COCCCCC)c([N+]#N)c(OCCCCCC)c1.